The summed E-state index contributed by atoms with van der Waals surface area (Å²) < 4.78 is 24.7. The number of piperidine rings is 1. The van der Waals surface area contributed by atoms with Gasteiger partial charge in [0, 0.05) is 17.9 Å². The highest BCUT2D eigenvalue weighted by molar-refractivity contribution is 9.09. The van der Waals surface area contributed by atoms with Gasteiger partial charge in [0.25, 0.3) is 0 Å². The zero-order valence-corrected chi connectivity index (χ0v) is 13.4. The molecule has 0 saturated carbocycles. The van der Waals surface area contributed by atoms with Crippen molar-refractivity contribution in [3.63, 3.8) is 0 Å². The lowest BCUT2D eigenvalue weighted by atomic mass is 9.88. The largest absolute Gasteiger partial charge is 0.213 e. The Morgan fingerprint density at radius 2 is 2.12 bits per heavy atom. The minimum Gasteiger partial charge on any atom is -0.213 e. The highest BCUT2D eigenvalue weighted by Gasteiger charge is 2.27. The number of hydrogen-bond acceptors (Lipinski definition) is 2. The van der Waals surface area contributed by atoms with Crippen LogP contribution in [0.15, 0.2) is 0 Å². The molecular weight excluding hydrogens is 302 g/mol. The highest BCUT2D eigenvalue weighted by atomic mass is 79.9. The van der Waals surface area contributed by atoms with Crippen molar-refractivity contribution < 1.29 is 8.42 Å². The maximum atomic E-state index is 11.5. The number of halogens is 1. The van der Waals surface area contributed by atoms with Crippen LogP contribution in [0.25, 0.3) is 0 Å². The van der Waals surface area contributed by atoms with E-state index in [-0.39, 0.29) is 0 Å². The van der Waals surface area contributed by atoms with Gasteiger partial charge in [-0.05, 0) is 37.5 Å². The van der Waals surface area contributed by atoms with Gasteiger partial charge in [-0.3, -0.25) is 0 Å². The number of nitrogens with zero attached hydrogens (tertiary/aromatic N) is 1. The monoisotopic (exact) mass is 325 g/mol. The van der Waals surface area contributed by atoms with E-state index >= 15 is 0 Å². The van der Waals surface area contributed by atoms with E-state index in [0.717, 1.165) is 19.3 Å². The van der Waals surface area contributed by atoms with Gasteiger partial charge in [-0.2, -0.15) is 0 Å². The van der Waals surface area contributed by atoms with Crippen LogP contribution in [0.1, 0.15) is 39.5 Å². The van der Waals surface area contributed by atoms with E-state index in [1.54, 1.807) is 4.31 Å². The van der Waals surface area contributed by atoms with E-state index in [1.165, 1.54) is 12.7 Å². The van der Waals surface area contributed by atoms with Crippen molar-refractivity contribution in [2.75, 3.05) is 19.3 Å². The van der Waals surface area contributed by atoms with Crippen molar-refractivity contribution in [1.29, 1.82) is 0 Å². The summed E-state index contributed by atoms with van der Waals surface area (Å²) in [5.41, 5.74) is 0. The zero-order valence-electron chi connectivity index (χ0n) is 11.0. The van der Waals surface area contributed by atoms with Gasteiger partial charge in [0.1, 0.15) is 0 Å². The van der Waals surface area contributed by atoms with Crippen LogP contribution in [0.3, 0.4) is 0 Å². The molecule has 1 fully saturated rings. The molecule has 1 heterocycles. The van der Waals surface area contributed by atoms with E-state index in [4.69, 9.17) is 0 Å². The summed E-state index contributed by atoms with van der Waals surface area (Å²) in [4.78, 5) is 0.552. The molecular formula is C12H24BrNO2S. The van der Waals surface area contributed by atoms with Crippen molar-refractivity contribution in [2.24, 2.45) is 11.8 Å². The van der Waals surface area contributed by atoms with Gasteiger partial charge >= 0.3 is 0 Å². The molecule has 17 heavy (non-hydrogen) atoms. The van der Waals surface area contributed by atoms with Crippen molar-refractivity contribution in [3.8, 4) is 0 Å². The molecule has 0 N–H and O–H groups in total. The molecule has 0 aliphatic carbocycles. The van der Waals surface area contributed by atoms with E-state index in [0.29, 0.717) is 29.8 Å². The Morgan fingerprint density at radius 3 is 2.65 bits per heavy atom. The molecule has 1 rings (SSSR count). The minimum absolute atomic E-state index is 0.528. The lowest BCUT2D eigenvalue weighted by Gasteiger charge is -2.33. The van der Waals surface area contributed by atoms with Crippen LogP contribution in [0.2, 0.25) is 0 Å². The molecule has 1 saturated heterocycles. The lowest BCUT2D eigenvalue weighted by molar-refractivity contribution is 0.233. The summed E-state index contributed by atoms with van der Waals surface area (Å²) in [6.07, 6.45) is 5.74. The molecule has 5 heteroatoms. The Kier molecular flexibility index (Phi) is 5.93. The number of sulfonamides is 1. The Labute approximate surface area is 114 Å². The van der Waals surface area contributed by atoms with Crippen molar-refractivity contribution in [1.82, 2.24) is 4.31 Å². The first-order chi connectivity index (χ1) is 7.84. The normalized spacial score (nSPS) is 26.7. The van der Waals surface area contributed by atoms with Crippen LogP contribution >= 0.6 is 15.9 Å². The third-order valence-electron chi connectivity index (χ3n) is 3.66. The topological polar surface area (TPSA) is 37.4 Å². The summed E-state index contributed by atoms with van der Waals surface area (Å²) in [5.74, 6) is 1.14. The fourth-order valence-corrected chi connectivity index (χ4v) is 3.75. The molecule has 0 aromatic carbocycles. The van der Waals surface area contributed by atoms with Gasteiger partial charge in [0.05, 0.1) is 6.26 Å². The third kappa shape index (κ3) is 4.87. The molecule has 0 radical (unpaired) electrons. The Balaban J connectivity index is 2.50. The Hall–Kier alpha value is 0.390. The molecule has 0 spiro atoms. The van der Waals surface area contributed by atoms with Crippen LogP contribution in [0.5, 0.6) is 0 Å². The van der Waals surface area contributed by atoms with E-state index in [1.807, 2.05) is 0 Å². The van der Waals surface area contributed by atoms with E-state index in [2.05, 4.69) is 29.8 Å². The first-order valence-electron chi connectivity index (χ1n) is 6.43. The molecule has 3 atom stereocenters. The lowest BCUT2D eigenvalue weighted by Crippen LogP contribution is -2.40. The second-order valence-corrected chi connectivity index (χ2v) is 8.43. The van der Waals surface area contributed by atoms with Crippen LogP contribution in [-0.4, -0.2) is 36.9 Å². The fraction of sp³-hybridized carbons (Fsp3) is 1.00. The predicted octanol–water partition coefficient (Wildman–Crippen LogP) is 2.86. The number of hydrogen-bond donors (Lipinski definition) is 0. The molecule has 1 aliphatic heterocycles. The first kappa shape index (κ1) is 15.4. The summed E-state index contributed by atoms with van der Waals surface area (Å²) >= 11 is 3.69. The molecule has 102 valence electrons. The number of rotatable bonds is 5. The van der Waals surface area contributed by atoms with Crippen LogP contribution in [-0.2, 0) is 10.0 Å². The second kappa shape index (κ2) is 6.53. The van der Waals surface area contributed by atoms with Crippen LogP contribution in [0.4, 0.5) is 0 Å². The Bertz CT molecular complexity index is 331. The highest BCUT2D eigenvalue weighted by Crippen LogP contribution is 2.29. The average Bonchev–Trinajstić information content (AvgIpc) is 2.27. The maximum Gasteiger partial charge on any atom is 0.211 e. The molecule has 1 aliphatic rings. The van der Waals surface area contributed by atoms with Gasteiger partial charge in [-0.25, -0.2) is 12.7 Å². The molecule has 0 bridgehead atoms. The maximum absolute atomic E-state index is 11.5. The summed E-state index contributed by atoms with van der Waals surface area (Å²) in [7, 11) is -3.00. The second-order valence-electron chi connectivity index (χ2n) is 5.27. The molecule has 3 nitrogen and oxygen atoms in total. The average molecular weight is 326 g/mol. The van der Waals surface area contributed by atoms with Crippen LogP contribution in [0, 0.1) is 11.8 Å². The minimum atomic E-state index is -3.00. The van der Waals surface area contributed by atoms with Crippen LogP contribution < -0.4 is 0 Å². The molecule has 0 aromatic heterocycles. The summed E-state index contributed by atoms with van der Waals surface area (Å²) in [6, 6.07) is 0. The molecule has 0 aromatic rings. The predicted molar refractivity (Wildman–Crippen MR) is 75.9 cm³/mol. The molecule has 3 unspecified atom stereocenters. The van der Waals surface area contributed by atoms with Gasteiger partial charge in [-0.1, -0.05) is 29.8 Å². The smallest absolute Gasteiger partial charge is 0.211 e. The summed E-state index contributed by atoms with van der Waals surface area (Å²) in [6.45, 7) is 5.85. The first-order valence-corrected chi connectivity index (χ1v) is 9.20. The summed E-state index contributed by atoms with van der Waals surface area (Å²) in [5, 5.41) is 0. The van der Waals surface area contributed by atoms with Gasteiger partial charge in [0.2, 0.25) is 10.0 Å². The zero-order chi connectivity index (χ0) is 13.1. The standard InChI is InChI=1S/C12H24BrNO2S/c1-4-12(13)10(2)8-11-6-5-7-14(9-11)17(3,15)16/h10-12H,4-9H2,1-3H3. The quantitative estimate of drug-likeness (QED) is 0.729. The van der Waals surface area contributed by atoms with Gasteiger partial charge < -0.3 is 0 Å². The number of alkyl halides is 1. The third-order valence-corrected chi connectivity index (χ3v) is 6.48. The van der Waals surface area contributed by atoms with Crippen molar-refractivity contribution in [2.45, 2.75) is 44.4 Å². The van der Waals surface area contributed by atoms with E-state index < -0.39 is 10.0 Å². The van der Waals surface area contributed by atoms with E-state index in [9.17, 15) is 8.42 Å². The molecule has 0 amide bonds. The van der Waals surface area contributed by atoms with Gasteiger partial charge in [0.15, 0.2) is 0 Å². The fourth-order valence-electron chi connectivity index (χ4n) is 2.60. The Morgan fingerprint density at radius 1 is 1.47 bits per heavy atom. The van der Waals surface area contributed by atoms with Crippen molar-refractivity contribution in [3.05, 3.63) is 0 Å². The van der Waals surface area contributed by atoms with Gasteiger partial charge in [-0.15, -0.1) is 0 Å². The van der Waals surface area contributed by atoms with Crippen molar-refractivity contribution >= 4 is 26.0 Å². The SMILES string of the molecule is CCC(Br)C(C)CC1CCCN(S(C)(=O)=O)C1.